The first-order valence-corrected chi connectivity index (χ1v) is 18.4. The number of rotatable bonds is 3. The second-order valence-electron chi connectivity index (χ2n) is 14.7. The summed E-state index contributed by atoms with van der Waals surface area (Å²) in [7, 11) is 0. The summed E-state index contributed by atoms with van der Waals surface area (Å²) in [5.41, 5.74) is 22.8. The molecule has 14 rings (SSSR count). The van der Waals surface area contributed by atoms with Crippen molar-refractivity contribution < 1.29 is 0 Å². The summed E-state index contributed by atoms with van der Waals surface area (Å²) in [6.45, 7) is 0. The highest BCUT2D eigenvalue weighted by atomic mass is 14.8. The zero-order chi connectivity index (χ0) is 33.9. The highest BCUT2D eigenvalue weighted by molar-refractivity contribution is 5.84. The summed E-state index contributed by atoms with van der Waals surface area (Å²) in [5.74, 6) is 0.390. The number of pyridine rings is 2. The van der Waals surface area contributed by atoms with Crippen molar-refractivity contribution in [1.29, 1.82) is 0 Å². The maximum atomic E-state index is 5.77. The third kappa shape index (κ3) is 3.74. The minimum absolute atomic E-state index is 0.0675. The van der Waals surface area contributed by atoms with Crippen LogP contribution in [0.5, 0.6) is 0 Å². The normalized spacial score (nSPS) is 19.2. The van der Waals surface area contributed by atoms with E-state index in [4.69, 9.17) is 9.97 Å². The maximum Gasteiger partial charge on any atom is 0.0941 e. The van der Waals surface area contributed by atoms with E-state index in [-0.39, 0.29) is 23.7 Å². The lowest BCUT2D eigenvalue weighted by molar-refractivity contribution is 0.740. The van der Waals surface area contributed by atoms with Crippen molar-refractivity contribution >= 4 is 0 Å². The monoisotopic (exact) mass is 660 g/mol. The molecule has 0 spiro atoms. The molecular formula is C50H32N2. The van der Waals surface area contributed by atoms with Crippen LogP contribution in [0, 0.1) is 0 Å². The van der Waals surface area contributed by atoms with Gasteiger partial charge < -0.3 is 0 Å². The van der Waals surface area contributed by atoms with Crippen LogP contribution in [-0.2, 0) is 0 Å². The summed E-state index contributed by atoms with van der Waals surface area (Å²) in [6, 6.07) is 62.6. The van der Waals surface area contributed by atoms with Gasteiger partial charge in [-0.05, 0) is 78.9 Å². The van der Waals surface area contributed by atoms with Crippen molar-refractivity contribution in [3.05, 3.63) is 237 Å². The number of hydrogen-bond donors (Lipinski definition) is 0. The highest BCUT2D eigenvalue weighted by Crippen LogP contribution is 2.61. The third-order valence-electron chi connectivity index (χ3n) is 12.2. The molecule has 0 radical (unpaired) electrons. The topological polar surface area (TPSA) is 25.8 Å². The fourth-order valence-electron chi connectivity index (χ4n) is 10.2. The predicted octanol–water partition coefficient (Wildman–Crippen LogP) is 11.5. The Kier molecular flexibility index (Phi) is 5.76. The van der Waals surface area contributed by atoms with E-state index >= 15 is 0 Å². The summed E-state index contributed by atoms with van der Waals surface area (Å²) in [4.78, 5) is 11.5. The minimum atomic E-state index is 0.0675. The molecule has 2 aromatic heterocycles. The second-order valence-corrected chi connectivity index (χ2v) is 14.7. The van der Waals surface area contributed by atoms with Crippen LogP contribution in [0.15, 0.2) is 170 Å². The Morgan fingerprint density at radius 2 is 0.538 bits per heavy atom. The standard InChI is InChI=1S/C50H32N2/c1-3-15-29(16-4-1)41-27-39-43-31-19-7-11-23-35(31)45(36-24-12-8-20-32(36)43)47(39)49(51-41)50-48-40(28-42(52-50)30-17-5-2-6-18-30)44-33-21-9-13-25-37(33)46(48)38-26-14-10-22-34(38)44/h1-28,43-46H. The fraction of sp³-hybridized carbons (Fsp3) is 0.0800. The molecule has 2 heterocycles. The van der Waals surface area contributed by atoms with E-state index in [1.165, 1.54) is 66.8 Å². The van der Waals surface area contributed by atoms with Gasteiger partial charge in [0.05, 0.1) is 22.8 Å². The first-order valence-electron chi connectivity index (χ1n) is 18.4. The molecule has 0 saturated carbocycles. The first kappa shape index (κ1) is 28.3. The molecule has 0 aliphatic heterocycles. The average molecular weight is 661 g/mol. The van der Waals surface area contributed by atoms with Gasteiger partial charge in [0.15, 0.2) is 0 Å². The van der Waals surface area contributed by atoms with Crippen LogP contribution in [0.25, 0.3) is 33.9 Å². The summed E-state index contributed by atoms with van der Waals surface area (Å²) < 4.78 is 0. The number of nitrogens with zero attached hydrogens (tertiary/aromatic N) is 2. The fourth-order valence-corrected chi connectivity index (χ4v) is 10.2. The summed E-state index contributed by atoms with van der Waals surface area (Å²) >= 11 is 0. The molecular weight excluding hydrogens is 629 g/mol. The van der Waals surface area contributed by atoms with E-state index in [1.807, 2.05) is 0 Å². The van der Waals surface area contributed by atoms with Crippen LogP contribution in [0.2, 0.25) is 0 Å². The molecule has 0 N–H and O–H groups in total. The Morgan fingerprint density at radius 1 is 0.269 bits per heavy atom. The van der Waals surface area contributed by atoms with Crippen LogP contribution < -0.4 is 0 Å². The Bertz CT molecular complexity index is 2480. The van der Waals surface area contributed by atoms with Crippen LogP contribution in [0.3, 0.4) is 0 Å². The molecule has 0 fully saturated rings. The zero-order valence-corrected chi connectivity index (χ0v) is 28.4. The first-order chi connectivity index (χ1) is 25.8. The van der Waals surface area contributed by atoms with Gasteiger partial charge in [0.1, 0.15) is 0 Å². The van der Waals surface area contributed by atoms with Crippen LogP contribution in [0.4, 0.5) is 0 Å². The Hall–Kier alpha value is -6.38. The van der Waals surface area contributed by atoms with Crippen molar-refractivity contribution in [1.82, 2.24) is 9.97 Å². The SMILES string of the molecule is c1ccc(-c2cc3c(c(-c4nc(-c5ccccc5)cc5c4C4c6ccccc6C5c5ccccc54)n2)C2c4ccccc4C3c3ccccc32)cc1. The van der Waals surface area contributed by atoms with Crippen molar-refractivity contribution in [3.63, 3.8) is 0 Å². The highest BCUT2D eigenvalue weighted by Gasteiger charge is 2.47. The molecule has 0 amide bonds. The van der Waals surface area contributed by atoms with E-state index in [2.05, 4.69) is 170 Å². The Balaban J connectivity index is 1.23. The quantitative estimate of drug-likeness (QED) is 0.188. The molecule has 8 aromatic rings. The van der Waals surface area contributed by atoms with Crippen molar-refractivity contribution in [2.75, 3.05) is 0 Å². The van der Waals surface area contributed by atoms with Gasteiger partial charge in [0.2, 0.25) is 0 Å². The van der Waals surface area contributed by atoms with E-state index in [1.54, 1.807) is 0 Å². The average Bonchev–Trinajstić information content (AvgIpc) is 3.23. The van der Waals surface area contributed by atoms with Crippen molar-refractivity contribution in [2.45, 2.75) is 23.7 Å². The molecule has 242 valence electrons. The maximum absolute atomic E-state index is 5.77. The minimum Gasteiger partial charge on any atom is -0.246 e. The van der Waals surface area contributed by atoms with Crippen LogP contribution in [-0.4, -0.2) is 9.97 Å². The van der Waals surface area contributed by atoms with Crippen LogP contribution in [0.1, 0.15) is 90.4 Å². The van der Waals surface area contributed by atoms with Gasteiger partial charge in [0, 0.05) is 34.8 Å². The molecule has 2 heteroatoms. The largest absolute Gasteiger partial charge is 0.246 e. The summed E-state index contributed by atoms with van der Waals surface area (Å²) in [5, 5.41) is 0. The molecule has 52 heavy (non-hydrogen) atoms. The molecule has 0 atom stereocenters. The van der Waals surface area contributed by atoms with Gasteiger partial charge in [-0.15, -0.1) is 0 Å². The molecule has 4 bridgehead atoms. The molecule has 6 aromatic carbocycles. The molecule has 6 aliphatic rings. The van der Waals surface area contributed by atoms with Crippen molar-refractivity contribution in [2.24, 2.45) is 0 Å². The van der Waals surface area contributed by atoms with E-state index < -0.39 is 0 Å². The lowest BCUT2D eigenvalue weighted by Gasteiger charge is -2.45. The number of aromatic nitrogens is 2. The van der Waals surface area contributed by atoms with Gasteiger partial charge in [-0.3, -0.25) is 0 Å². The number of benzene rings is 6. The zero-order valence-electron chi connectivity index (χ0n) is 28.4. The summed E-state index contributed by atoms with van der Waals surface area (Å²) in [6.07, 6.45) is 0. The molecule has 2 nitrogen and oxygen atoms in total. The smallest absolute Gasteiger partial charge is 0.0941 e. The second kappa shape index (κ2) is 10.6. The van der Waals surface area contributed by atoms with E-state index in [0.29, 0.717) is 0 Å². The predicted molar refractivity (Wildman–Crippen MR) is 208 cm³/mol. The lowest BCUT2D eigenvalue weighted by atomic mass is 9.59. The van der Waals surface area contributed by atoms with E-state index in [9.17, 15) is 0 Å². The van der Waals surface area contributed by atoms with Gasteiger partial charge >= 0.3 is 0 Å². The van der Waals surface area contributed by atoms with Gasteiger partial charge in [-0.25, -0.2) is 9.97 Å². The van der Waals surface area contributed by atoms with Crippen LogP contribution >= 0.6 is 0 Å². The third-order valence-corrected chi connectivity index (χ3v) is 12.2. The lowest BCUT2D eigenvalue weighted by Crippen LogP contribution is -2.30. The Morgan fingerprint density at radius 3 is 0.846 bits per heavy atom. The Labute approximate surface area is 303 Å². The molecule has 6 aliphatic carbocycles. The van der Waals surface area contributed by atoms with Gasteiger partial charge in [-0.2, -0.15) is 0 Å². The van der Waals surface area contributed by atoms with Crippen molar-refractivity contribution in [3.8, 4) is 33.9 Å². The van der Waals surface area contributed by atoms with E-state index in [0.717, 1.165) is 33.9 Å². The number of hydrogen-bond acceptors (Lipinski definition) is 2. The molecule has 0 unspecified atom stereocenters. The van der Waals surface area contributed by atoms with Gasteiger partial charge in [0.25, 0.3) is 0 Å². The van der Waals surface area contributed by atoms with Gasteiger partial charge in [-0.1, -0.05) is 158 Å². The molecule has 0 saturated heterocycles.